The maximum absolute atomic E-state index is 15.1. The normalized spacial score (nSPS) is 21.2. The van der Waals surface area contributed by atoms with E-state index in [0.717, 1.165) is 5.69 Å². The number of halogens is 2. The first-order valence-electron chi connectivity index (χ1n) is 14.0. The van der Waals surface area contributed by atoms with Crippen LogP contribution >= 0.6 is 0 Å². The van der Waals surface area contributed by atoms with E-state index in [1.165, 1.54) is 22.9 Å². The quantitative estimate of drug-likeness (QED) is 0.290. The number of aromatic nitrogens is 4. The Balaban J connectivity index is 1.23. The highest BCUT2D eigenvalue weighted by molar-refractivity contribution is 7.90. The lowest BCUT2D eigenvalue weighted by Gasteiger charge is -2.42. The van der Waals surface area contributed by atoms with Gasteiger partial charge in [0.1, 0.15) is 21.5 Å². The molecule has 3 atom stereocenters. The SMILES string of the molecule is C[C@H]1CN(c2ccncc2Nc2ncc3ccc(-c4c(F)cc(C5COC5)cc4F)nn23)C[C@@H](N)[C@H]1OCCS(C)(=O)=O. The zero-order valence-electron chi connectivity index (χ0n) is 23.8. The summed E-state index contributed by atoms with van der Waals surface area (Å²) in [5.41, 5.74) is 9.08. The number of hydrogen-bond acceptors (Lipinski definition) is 10. The van der Waals surface area contributed by atoms with E-state index in [2.05, 4.69) is 25.3 Å². The fourth-order valence-corrected chi connectivity index (χ4v) is 6.01. The summed E-state index contributed by atoms with van der Waals surface area (Å²) < 4.78 is 65.8. The van der Waals surface area contributed by atoms with Crippen molar-refractivity contribution in [3.63, 3.8) is 0 Å². The summed E-state index contributed by atoms with van der Waals surface area (Å²) in [5, 5.41) is 7.80. The van der Waals surface area contributed by atoms with Gasteiger partial charge in [-0.05, 0) is 35.9 Å². The molecule has 0 bridgehead atoms. The summed E-state index contributed by atoms with van der Waals surface area (Å²) in [6, 6.07) is 7.46. The highest BCUT2D eigenvalue weighted by atomic mass is 32.2. The summed E-state index contributed by atoms with van der Waals surface area (Å²) in [7, 11) is -3.13. The second-order valence-corrected chi connectivity index (χ2v) is 13.5. The maximum atomic E-state index is 15.1. The summed E-state index contributed by atoms with van der Waals surface area (Å²) in [6.45, 7) is 4.10. The van der Waals surface area contributed by atoms with Crippen LogP contribution in [0.15, 0.2) is 48.9 Å². The zero-order chi connectivity index (χ0) is 30.3. The number of rotatable bonds is 9. The molecule has 2 fully saturated rings. The molecule has 3 aromatic heterocycles. The number of pyridine rings is 1. The van der Waals surface area contributed by atoms with Gasteiger partial charge in [0.15, 0.2) is 0 Å². The van der Waals surface area contributed by atoms with Crippen molar-refractivity contribution in [2.24, 2.45) is 11.7 Å². The van der Waals surface area contributed by atoms with Crippen molar-refractivity contribution in [2.75, 3.05) is 55.1 Å². The first kappa shape index (κ1) is 29.4. The van der Waals surface area contributed by atoms with Gasteiger partial charge in [0.05, 0.1) is 72.2 Å². The largest absolute Gasteiger partial charge is 0.380 e. The lowest BCUT2D eigenvalue weighted by molar-refractivity contribution is 0.00183. The van der Waals surface area contributed by atoms with Crippen molar-refractivity contribution < 1.29 is 26.7 Å². The molecule has 2 aliphatic rings. The monoisotopic (exact) mass is 613 g/mol. The van der Waals surface area contributed by atoms with Gasteiger partial charge in [-0.25, -0.2) is 22.2 Å². The van der Waals surface area contributed by atoms with Crippen molar-refractivity contribution in [1.82, 2.24) is 19.6 Å². The van der Waals surface area contributed by atoms with Gasteiger partial charge in [0, 0.05) is 43.4 Å². The lowest BCUT2D eigenvalue weighted by Crippen LogP contribution is -2.57. The molecule has 14 heteroatoms. The molecule has 0 unspecified atom stereocenters. The molecule has 3 N–H and O–H groups in total. The number of piperidine rings is 1. The van der Waals surface area contributed by atoms with Gasteiger partial charge in [0.25, 0.3) is 0 Å². The molecule has 0 saturated carbocycles. The van der Waals surface area contributed by atoms with Gasteiger partial charge in [-0.2, -0.15) is 9.61 Å². The van der Waals surface area contributed by atoms with Crippen LogP contribution in [0, 0.1) is 17.6 Å². The molecule has 228 valence electrons. The first-order chi connectivity index (χ1) is 20.6. The molecule has 43 heavy (non-hydrogen) atoms. The number of nitrogens with zero attached hydrogens (tertiary/aromatic N) is 5. The number of hydrogen-bond donors (Lipinski definition) is 2. The fourth-order valence-electron chi connectivity index (χ4n) is 5.61. The fraction of sp³-hybridized carbons (Fsp3) is 0.414. The average molecular weight is 614 g/mol. The number of nitrogens with one attached hydrogen (secondary N) is 1. The Labute approximate surface area is 247 Å². The van der Waals surface area contributed by atoms with Gasteiger partial charge in [0.2, 0.25) is 5.95 Å². The summed E-state index contributed by atoms with van der Waals surface area (Å²) >= 11 is 0. The molecule has 0 amide bonds. The van der Waals surface area contributed by atoms with Crippen LogP contribution in [0.3, 0.4) is 0 Å². The molecule has 4 aromatic rings. The van der Waals surface area contributed by atoms with Gasteiger partial charge in [-0.1, -0.05) is 6.92 Å². The Morgan fingerprint density at radius 2 is 1.91 bits per heavy atom. The third kappa shape index (κ3) is 6.18. The van der Waals surface area contributed by atoms with Crippen molar-refractivity contribution in [3.8, 4) is 11.3 Å². The minimum absolute atomic E-state index is 0.0117. The Hall–Kier alpha value is -3.72. The first-order valence-corrected chi connectivity index (χ1v) is 16.1. The van der Waals surface area contributed by atoms with E-state index in [1.807, 2.05) is 13.0 Å². The molecule has 11 nitrogen and oxygen atoms in total. The smallest absolute Gasteiger partial charge is 0.229 e. The summed E-state index contributed by atoms with van der Waals surface area (Å²) in [4.78, 5) is 10.8. The second kappa shape index (κ2) is 11.8. The predicted octanol–water partition coefficient (Wildman–Crippen LogP) is 3.14. The van der Waals surface area contributed by atoms with E-state index in [0.29, 0.717) is 49.0 Å². The van der Waals surface area contributed by atoms with Gasteiger partial charge in [-0.3, -0.25) is 4.98 Å². The Morgan fingerprint density at radius 1 is 1.14 bits per heavy atom. The maximum Gasteiger partial charge on any atom is 0.229 e. The van der Waals surface area contributed by atoms with Crippen LogP contribution in [0.2, 0.25) is 0 Å². The van der Waals surface area contributed by atoms with E-state index in [1.54, 1.807) is 30.7 Å². The van der Waals surface area contributed by atoms with Crippen LogP contribution in [0.25, 0.3) is 16.8 Å². The Kier molecular flexibility index (Phi) is 8.02. The number of sulfone groups is 1. The highest BCUT2D eigenvalue weighted by Gasteiger charge is 2.34. The van der Waals surface area contributed by atoms with Crippen LogP contribution in [0.1, 0.15) is 18.4 Å². The van der Waals surface area contributed by atoms with Gasteiger partial charge < -0.3 is 25.4 Å². The molecule has 1 aromatic carbocycles. The van der Waals surface area contributed by atoms with Crippen molar-refractivity contribution in [1.29, 1.82) is 0 Å². The molecule has 0 spiro atoms. The topological polar surface area (TPSA) is 137 Å². The van der Waals surface area contributed by atoms with Crippen molar-refractivity contribution in [3.05, 3.63) is 66.1 Å². The van der Waals surface area contributed by atoms with E-state index in [-0.39, 0.29) is 47.6 Å². The number of anilines is 3. The third-order valence-corrected chi connectivity index (χ3v) is 8.79. The van der Waals surface area contributed by atoms with Gasteiger partial charge in [-0.15, -0.1) is 0 Å². The molecular formula is C29H33F2N7O4S. The van der Waals surface area contributed by atoms with Crippen molar-refractivity contribution >= 4 is 32.7 Å². The Bertz CT molecular complexity index is 1710. The number of ether oxygens (including phenoxy) is 2. The Morgan fingerprint density at radius 3 is 2.58 bits per heavy atom. The van der Waals surface area contributed by atoms with Crippen LogP contribution in [-0.4, -0.2) is 85.1 Å². The third-order valence-electron chi connectivity index (χ3n) is 7.89. The van der Waals surface area contributed by atoms with Gasteiger partial charge >= 0.3 is 0 Å². The van der Waals surface area contributed by atoms with E-state index >= 15 is 8.78 Å². The highest BCUT2D eigenvalue weighted by Crippen LogP contribution is 2.34. The average Bonchev–Trinajstić information content (AvgIpc) is 3.30. The standard InChI is InChI=1S/C29H33F2N7O4S/c1-17-13-37(14-23(32)28(17)42-7-8-43(2,39)40)26-5-6-33-12-25(26)35-29-34-11-20-3-4-24(36-38(20)29)27-21(30)9-18(10-22(27)31)19-15-41-16-19/h3-6,9-12,17,19,23,28H,7-8,13-16,32H2,1-2H3,(H,34,35)/t17-,23+,28-/m0/s1. The summed E-state index contributed by atoms with van der Waals surface area (Å²) in [6.07, 6.45) is 5.84. The van der Waals surface area contributed by atoms with Crippen LogP contribution in [0.4, 0.5) is 26.1 Å². The zero-order valence-corrected chi connectivity index (χ0v) is 24.6. The lowest BCUT2D eigenvalue weighted by atomic mass is 9.92. The number of benzene rings is 1. The number of fused-ring (bicyclic) bond motifs is 1. The summed E-state index contributed by atoms with van der Waals surface area (Å²) in [5.74, 6) is -1.08. The second-order valence-electron chi connectivity index (χ2n) is 11.3. The van der Waals surface area contributed by atoms with Crippen LogP contribution in [-0.2, 0) is 19.3 Å². The number of nitrogens with two attached hydrogens (primary N) is 1. The van der Waals surface area contributed by atoms with E-state index in [9.17, 15) is 8.42 Å². The molecular weight excluding hydrogens is 580 g/mol. The minimum Gasteiger partial charge on any atom is -0.380 e. The van der Waals surface area contributed by atoms with Crippen LogP contribution < -0.4 is 16.0 Å². The van der Waals surface area contributed by atoms with E-state index in [4.69, 9.17) is 15.2 Å². The minimum atomic E-state index is -3.13. The molecule has 6 rings (SSSR count). The van der Waals surface area contributed by atoms with E-state index < -0.39 is 21.5 Å². The van der Waals surface area contributed by atoms with Crippen molar-refractivity contribution in [2.45, 2.75) is 25.0 Å². The van der Waals surface area contributed by atoms with Crippen LogP contribution in [0.5, 0.6) is 0 Å². The molecule has 2 saturated heterocycles. The molecule has 0 aliphatic carbocycles. The molecule has 2 aliphatic heterocycles. The predicted molar refractivity (Wildman–Crippen MR) is 158 cm³/mol. The number of imidazole rings is 1. The molecule has 0 radical (unpaired) electrons. The molecule has 5 heterocycles.